The molecule has 104 valence electrons. The van der Waals surface area contributed by atoms with E-state index in [1.807, 2.05) is 4.90 Å². The lowest BCUT2D eigenvalue weighted by Crippen LogP contribution is -2.42. The molecule has 0 N–H and O–H groups in total. The number of carbonyl (C=O) groups is 1. The number of likely N-dealkylation sites (tertiary alicyclic amines) is 1. The molecule has 1 heterocycles. The predicted molar refractivity (Wildman–Crippen MR) is 77.6 cm³/mol. The summed E-state index contributed by atoms with van der Waals surface area (Å²) in [7, 11) is 0. The molecule has 2 nitrogen and oxygen atoms in total. The second-order valence-electron chi connectivity index (χ2n) is 5.56. The van der Waals surface area contributed by atoms with Crippen molar-refractivity contribution in [3.8, 4) is 0 Å². The average Bonchev–Trinajstić information content (AvgIpc) is 2.42. The highest BCUT2D eigenvalue weighted by molar-refractivity contribution is 9.10. The molecule has 0 aromatic heterocycles. The number of halogens is 2. The molecular weight excluding hydrogens is 309 g/mol. The van der Waals surface area contributed by atoms with E-state index in [0.29, 0.717) is 11.0 Å². The first-order valence-corrected chi connectivity index (χ1v) is 7.49. The third kappa shape index (κ3) is 2.99. The predicted octanol–water partition coefficient (Wildman–Crippen LogP) is 4.24. The van der Waals surface area contributed by atoms with Crippen LogP contribution in [-0.2, 0) is 0 Å². The van der Waals surface area contributed by atoms with Gasteiger partial charge >= 0.3 is 0 Å². The minimum absolute atomic E-state index is 0.0791. The molecule has 1 aliphatic heterocycles. The molecule has 19 heavy (non-hydrogen) atoms. The van der Waals surface area contributed by atoms with Gasteiger partial charge in [0, 0.05) is 13.1 Å². The summed E-state index contributed by atoms with van der Waals surface area (Å²) >= 11 is 3.16. The Kier molecular flexibility index (Phi) is 4.29. The van der Waals surface area contributed by atoms with E-state index in [1.54, 1.807) is 12.1 Å². The average molecular weight is 328 g/mol. The Bertz CT molecular complexity index is 481. The summed E-state index contributed by atoms with van der Waals surface area (Å²) < 4.78 is 13.7. The van der Waals surface area contributed by atoms with Crippen LogP contribution in [0.15, 0.2) is 22.7 Å². The van der Waals surface area contributed by atoms with Gasteiger partial charge in [-0.3, -0.25) is 4.79 Å². The monoisotopic (exact) mass is 327 g/mol. The van der Waals surface area contributed by atoms with Gasteiger partial charge in [0.1, 0.15) is 5.82 Å². The van der Waals surface area contributed by atoms with Crippen LogP contribution in [0.5, 0.6) is 0 Å². The normalized spacial score (nSPS) is 18.4. The highest BCUT2D eigenvalue weighted by atomic mass is 79.9. The van der Waals surface area contributed by atoms with Crippen LogP contribution in [-0.4, -0.2) is 23.9 Å². The van der Waals surface area contributed by atoms with Crippen LogP contribution in [0, 0.1) is 11.2 Å². The number of nitrogens with zero attached hydrogens (tertiary/aromatic N) is 1. The maximum atomic E-state index is 13.5. The lowest BCUT2D eigenvalue weighted by molar-refractivity contribution is 0.0599. The molecule has 1 aromatic carbocycles. The fourth-order valence-electron chi connectivity index (χ4n) is 2.44. The van der Waals surface area contributed by atoms with Crippen LogP contribution in [0.1, 0.15) is 43.5 Å². The lowest BCUT2D eigenvalue weighted by Gasteiger charge is -2.39. The van der Waals surface area contributed by atoms with Gasteiger partial charge in [-0.1, -0.05) is 26.3 Å². The number of piperidine rings is 1. The van der Waals surface area contributed by atoms with Crippen molar-refractivity contribution in [3.05, 3.63) is 34.1 Å². The minimum atomic E-state index is -0.388. The van der Waals surface area contributed by atoms with Crippen LogP contribution in [0.4, 0.5) is 4.39 Å². The SMILES string of the molecule is CCC1(C)CCN(C(=O)c2cccc(F)c2Br)CC1. The third-order valence-electron chi connectivity index (χ3n) is 4.29. The molecule has 1 aliphatic rings. The number of carbonyl (C=O) groups excluding carboxylic acids is 1. The first kappa shape index (κ1) is 14.5. The summed E-state index contributed by atoms with van der Waals surface area (Å²) in [6.45, 7) is 5.98. The van der Waals surface area contributed by atoms with Crippen molar-refractivity contribution in [1.82, 2.24) is 4.90 Å². The number of amides is 1. The van der Waals surface area contributed by atoms with Crippen molar-refractivity contribution < 1.29 is 9.18 Å². The molecular formula is C15H19BrFNO. The van der Waals surface area contributed by atoms with Crippen LogP contribution >= 0.6 is 15.9 Å². The molecule has 1 amide bonds. The summed E-state index contributed by atoms with van der Waals surface area (Å²) in [5.41, 5.74) is 0.760. The van der Waals surface area contributed by atoms with Crippen LogP contribution in [0.3, 0.4) is 0 Å². The summed E-state index contributed by atoms with van der Waals surface area (Å²) in [5, 5.41) is 0. The van der Waals surface area contributed by atoms with Gasteiger partial charge in [0.25, 0.3) is 5.91 Å². The molecule has 0 bridgehead atoms. The minimum Gasteiger partial charge on any atom is -0.339 e. The molecule has 0 unspecified atom stereocenters. The standard InChI is InChI=1S/C15H19BrFNO/c1-3-15(2)7-9-18(10-8-15)14(19)11-5-4-6-12(17)13(11)16/h4-6H,3,7-10H2,1-2H3. The maximum Gasteiger partial charge on any atom is 0.255 e. The zero-order valence-electron chi connectivity index (χ0n) is 11.4. The van der Waals surface area contributed by atoms with E-state index in [0.717, 1.165) is 32.4 Å². The van der Waals surface area contributed by atoms with E-state index in [2.05, 4.69) is 29.8 Å². The fraction of sp³-hybridized carbons (Fsp3) is 0.533. The first-order valence-electron chi connectivity index (χ1n) is 6.70. The molecule has 0 saturated carbocycles. The maximum absolute atomic E-state index is 13.5. The second-order valence-corrected chi connectivity index (χ2v) is 6.35. The van der Waals surface area contributed by atoms with Crippen molar-refractivity contribution in [1.29, 1.82) is 0 Å². The van der Waals surface area contributed by atoms with Gasteiger partial charge in [-0.2, -0.15) is 0 Å². The fourth-order valence-corrected chi connectivity index (χ4v) is 2.88. The second kappa shape index (κ2) is 5.61. The van der Waals surface area contributed by atoms with E-state index < -0.39 is 0 Å². The van der Waals surface area contributed by atoms with E-state index >= 15 is 0 Å². The third-order valence-corrected chi connectivity index (χ3v) is 5.10. The summed E-state index contributed by atoms with van der Waals surface area (Å²) in [4.78, 5) is 14.2. The van der Waals surface area contributed by atoms with Crippen LogP contribution in [0.2, 0.25) is 0 Å². The first-order chi connectivity index (χ1) is 8.97. The van der Waals surface area contributed by atoms with E-state index in [-0.39, 0.29) is 16.2 Å². The molecule has 0 radical (unpaired) electrons. The molecule has 1 aromatic rings. The molecule has 0 spiro atoms. The van der Waals surface area contributed by atoms with E-state index in [4.69, 9.17) is 0 Å². The molecule has 2 rings (SSSR count). The Morgan fingerprint density at radius 3 is 2.63 bits per heavy atom. The van der Waals surface area contributed by atoms with Crippen molar-refractivity contribution in [2.75, 3.05) is 13.1 Å². The molecule has 0 aliphatic carbocycles. The number of hydrogen-bond acceptors (Lipinski definition) is 1. The zero-order chi connectivity index (χ0) is 14.0. The molecule has 0 atom stereocenters. The lowest BCUT2D eigenvalue weighted by atomic mass is 9.78. The Hall–Kier alpha value is -0.900. The Balaban J connectivity index is 2.12. The van der Waals surface area contributed by atoms with Crippen molar-refractivity contribution in [3.63, 3.8) is 0 Å². The zero-order valence-corrected chi connectivity index (χ0v) is 13.0. The van der Waals surface area contributed by atoms with Gasteiger partial charge in [-0.05, 0) is 46.3 Å². The number of hydrogen-bond donors (Lipinski definition) is 0. The van der Waals surface area contributed by atoms with Gasteiger partial charge in [0.05, 0.1) is 10.0 Å². The van der Waals surface area contributed by atoms with Crippen molar-refractivity contribution in [2.24, 2.45) is 5.41 Å². The summed E-state index contributed by atoms with van der Waals surface area (Å²) in [6, 6.07) is 4.60. The topological polar surface area (TPSA) is 20.3 Å². The van der Waals surface area contributed by atoms with Crippen LogP contribution < -0.4 is 0 Å². The van der Waals surface area contributed by atoms with Gasteiger partial charge in [-0.15, -0.1) is 0 Å². The Morgan fingerprint density at radius 2 is 2.05 bits per heavy atom. The highest BCUT2D eigenvalue weighted by Crippen LogP contribution is 2.34. The van der Waals surface area contributed by atoms with Crippen molar-refractivity contribution >= 4 is 21.8 Å². The van der Waals surface area contributed by atoms with Gasteiger partial charge < -0.3 is 4.90 Å². The number of rotatable bonds is 2. The summed E-state index contributed by atoms with van der Waals surface area (Å²) in [5.74, 6) is -0.467. The Labute approximate surface area is 122 Å². The molecule has 1 saturated heterocycles. The smallest absolute Gasteiger partial charge is 0.255 e. The van der Waals surface area contributed by atoms with Gasteiger partial charge in [0.2, 0.25) is 0 Å². The van der Waals surface area contributed by atoms with Gasteiger partial charge in [-0.25, -0.2) is 4.39 Å². The summed E-state index contributed by atoms with van der Waals surface area (Å²) in [6.07, 6.45) is 3.17. The molecule has 1 fully saturated rings. The molecule has 4 heteroatoms. The highest BCUT2D eigenvalue weighted by Gasteiger charge is 2.31. The van der Waals surface area contributed by atoms with E-state index in [1.165, 1.54) is 6.07 Å². The number of benzene rings is 1. The van der Waals surface area contributed by atoms with Crippen molar-refractivity contribution in [2.45, 2.75) is 33.1 Å². The largest absolute Gasteiger partial charge is 0.339 e. The van der Waals surface area contributed by atoms with E-state index in [9.17, 15) is 9.18 Å². The van der Waals surface area contributed by atoms with Crippen LogP contribution in [0.25, 0.3) is 0 Å². The van der Waals surface area contributed by atoms with Gasteiger partial charge in [0.15, 0.2) is 0 Å². The quantitative estimate of drug-likeness (QED) is 0.795. The Morgan fingerprint density at radius 1 is 1.42 bits per heavy atom.